The number of hydrogen-bond acceptors (Lipinski definition) is 2. The number of pyridine rings is 1. The Balaban J connectivity index is 1.94. The van der Waals surface area contributed by atoms with Crippen molar-refractivity contribution in [1.29, 1.82) is 0 Å². The number of hydrogen-bond donors (Lipinski definition) is 1. The summed E-state index contributed by atoms with van der Waals surface area (Å²) in [6.07, 6.45) is 1.73. The number of rotatable bonds is 4. The van der Waals surface area contributed by atoms with E-state index in [1.165, 1.54) is 0 Å². The van der Waals surface area contributed by atoms with Gasteiger partial charge in [-0.1, -0.05) is 6.07 Å². The van der Waals surface area contributed by atoms with Crippen molar-refractivity contribution in [3.8, 4) is 0 Å². The smallest absolute Gasteiger partial charge is 0.194 e. The fourth-order valence-corrected chi connectivity index (χ4v) is 1.66. The van der Waals surface area contributed by atoms with Crippen LogP contribution in [0.4, 0.5) is 13.2 Å². The minimum atomic E-state index is -1.44. The van der Waals surface area contributed by atoms with Crippen LogP contribution in [0.1, 0.15) is 16.8 Å². The highest BCUT2D eigenvalue weighted by Gasteiger charge is 2.09. The SMILES string of the molecule is Cc1ccc(CNCc2cc(F)c(F)c(F)c2)cn1. The van der Waals surface area contributed by atoms with E-state index in [0.29, 0.717) is 12.1 Å². The van der Waals surface area contributed by atoms with E-state index in [0.717, 1.165) is 23.4 Å². The molecule has 0 fully saturated rings. The molecule has 5 heteroatoms. The Morgan fingerprint density at radius 1 is 1.00 bits per heavy atom. The van der Waals surface area contributed by atoms with Crippen LogP contribution in [-0.4, -0.2) is 4.98 Å². The molecule has 1 heterocycles. The van der Waals surface area contributed by atoms with Gasteiger partial charge in [-0.3, -0.25) is 4.98 Å². The van der Waals surface area contributed by atoms with E-state index in [-0.39, 0.29) is 6.54 Å². The van der Waals surface area contributed by atoms with Gasteiger partial charge in [0.05, 0.1) is 0 Å². The van der Waals surface area contributed by atoms with Crippen LogP contribution in [0.2, 0.25) is 0 Å². The van der Waals surface area contributed by atoms with Gasteiger partial charge in [0.25, 0.3) is 0 Å². The van der Waals surface area contributed by atoms with Crippen molar-refractivity contribution in [2.45, 2.75) is 20.0 Å². The lowest BCUT2D eigenvalue weighted by molar-refractivity contribution is 0.444. The summed E-state index contributed by atoms with van der Waals surface area (Å²) >= 11 is 0. The molecule has 0 aliphatic rings. The summed E-state index contributed by atoms with van der Waals surface area (Å²) in [5.74, 6) is -3.78. The van der Waals surface area contributed by atoms with Gasteiger partial charge in [0.2, 0.25) is 0 Å². The first kappa shape index (κ1) is 13.5. The molecule has 0 saturated heterocycles. The Morgan fingerprint density at radius 3 is 2.21 bits per heavy atom. The Morgan fingerprint density at radius 2 is 1.63 bits per heavy atom. The van der Waals surface area contributed by atoms with Gasteiger partial charge in [-0.25, -0.2) is 13.2 Å². The lowest BCUT2D eigenvalue weighted by Crippen LogP contribution is -2.13. The van der Waals surface area contributed by atoms with Crippen LogP contribution in [0.15, 0.2) is 30.5 Å². The molecule has 0 spiro atoms. The first-order valence-corrected chi connectivity index (χ1v) is 5.82. The van der Waals surface area contributed by atoms with Crippen molar-refractivity contribution >= 4 is 0 Å². The Hall–Kier alpha value is -1.88. The zero-order valence-corrected chi connectivity index (χ0v) is 10.4. The second kappa shape index (κ2) is 5.84. The maximum atomic E-state index is 13.0. The molecule has 1 aromatic heterocycles. The van der Waals surface area contributed by atoms with E-state index < -0.39 is 17.5 Å². The van der Waals surface area contributed by atoms with Crippen molar-refractivity contribution in [3.63, 3.8) is 0 Å². The molecule has 0 atom stereocenters. The van der Waals surface area contributed by atoms with E-state index in [1.807, 2.05) is 19.1 Å². The van der Waals surface area contributed by atoms with Crippen molar-refractivity contribution in [3.05, 3.63) is 64.7 Å². The summed E-state index contributed by atoms with van der Waals surface area (Å²) in [7, 11) is 0. The predicted molar refractivity (Wildman–Crippen MR) is 65.8 cm³/mol. The molecule has 1 aromatic carbocycles. The van der Waals surface area contributed by atoms with E-state index >= 15 is 0 Å². The predicted octanol–water partition coefficient (Wildman–Crippen LogP) is 3.10. The number of benzene rings is 1. The van der Waals surface area contributed by atoms with E-state index in [2.05, 4.69) is 10.3 Å². The highest BCUT2D eigenvalue weighted by Crippen LogP contribution is 2.13. The third-order valence-electron chi connectivity index (χ3n) is 2.67. The highest BCUT2D eigenvalue weighted by molar-refractivity contribution is 5.19. The third kappa shape index (κ3) is 3.54. The normalized spacial score (nSPS) is 10.7. The molecule has 2 nitrogen and oxygen atoms in total. The van der Waals surface area contributed by atoms with Crippen molar-refractivity contribution in [1.82, 2.24) is 10.3 Å². The molecular weight excluding hydrogens is 253 g/mol. The average molecular weight is 266 g/mol. The first-order chi connectivity index (χ1) is 9.06. The lowest BCUT2D eigenvalue weighted by Gasteiger charge is -2.06. The highest BCUT2D eigenvalue weighted by atomic mass is 19.2. The quantitative estimate of drug-likeness (QED) is 0.860. The van der Waals surface area contributed by atoms with E-state index in [4.69, 9.17) is 0 Å². The van der Waals surface area contributed by atoms with Crippen molar-refractivity contribution < 1.29 is 13.2 Å². The van der Waals surface area contributed by atoms with Crippen LogP contribution in [0.25, 0.3) is 0 Å². The standard InChI is InChI=1S/C14H13F3N2/c1-9-2-3-10(8-19-9)6-18-7-11-4-12(15)14(17)13(16)5-11/h2-5,8,18H,6-7H2,1H3. The number of halogens is 3. The van der Waals surface area contributed by atoms with Crippen LogP contribution in [0.3, 0.4) is 0 Å². The molecule has 0 unspecified atom stereocenters. The summed E-state index contributed by atoms with van der Waals surface area (Å²) in [6, 6.07) is 5.77. The number of nitrogens with zero attached hydrogens (tertiary/aromatic N) is 1. The Labute approximate surface area is 109 Å². The van der Waals surface area contributed by atoms with E-state index in [1.54, 1.807) is 6.20 Å². The number of aryl methyl sites for hydroxylation is 1. The van der Waals surface area contributed by atoms with Crippen molar-refractivity contribution in [2.75, 3.05) is 0 Å². The zero-order valence-electron chi connectivity index (χ0n) is 10.4. The molecule has 2 aromatic rings. The van der Waals surface area contributed by atoms with Gasteiger partial charge < -0.3 is 5.32 Å². The van der Waals surface area contributed by atoms with Crippen molar-refractivity contribution in [2.24, 2.45) is 0 Å². The van der Waals surface area contributed by atoms with Gasteiger partial charge in [-0.2, -0.15) is 0 Å². The first-order valence-electron chi connectivity index (χ1n) is 5.82. The summed E-state index contributed by atoms with van der Waals surface area (Å²) in [6.45, 7) is 2.66. The summed E-state index contributed by atoms with van der Waals surface area (Å²) in [5, 5.41) is 3.02. The molecule has 0 aliphatic heterocycles. The maximum Gasteiger partial charge on any atom is 0.194 e. The van der Waals surface area contributed by atoms with Gasteiger partial charge in [0.1, 0.15) is 0 Å². The second-order valence-electron chi connectivity index (χ2n) is 4.28. The molecular formula is C14H13F3N2. The number of aromatic nitrogens is 1. The van der Waals surface area contributed by atoms with Crippen LogP contribution < -0.4 is 5.32 Å². The summed E-state index contributed by atoms with van der Waals surface area (Å²) in [5.41, 5.74) is 2.25. The topological polar surface area (TPSA) is 24.9 Å². The number of nitrogens with one attached hydrogen (secondary N) is 1. The Bertz CT molecular complexity index is 544. The molecule has 0 saturated carbocycles. The van der Waals surface area contributed by atoms with E-state index in [9.17, 15) is 13.2 Å². The van der Waals surface area contributed by atoms with Gasteiger partial charge in [0, 0.05) is 25.0 Å². The van der Waals surface area contributed by atoms with Gasteiger partial charge in [0.15, 0.2) is 17.5 Å². The molecule has 0 amide bonds. The molecule has 1 N–H and O–H groups in total. The average Bonchev–Trinajstić information content (AvgIpc) is 2.38. The fourth-order valence-electron chi connectivity index (χ4n) is 1.66. The molecule has 0 bridgehead atoms. The second-order valence-corrected chi connectivity index (χ2v) is 4.28. The summed E-state index contributed by atoms with van der Waals surface area (Å²) in [4.78, 5) is 4.14. The zero-order chi connectivity index (χ0) is 13.8. The largest absolute Gasteiger partial charge is 0.309 e. The third-order valence-corrected chi connectivity index (χ3v) is 2.67. The Kier molecular flexibility index (Phi) is 4.16. The van der Waals surface area contributed by atoms with Crippen LogP contribution in [-0.2, 0) is 13.1 Å². The minimum Gasteiger partial charge on any atom is -0.309 e. The maximum absolute atomic E-state index is 13.0. The van der Waals surface area contributed by atoms with Gasteiger partial charge in [-0.05, 0) is 36.2 Å². The van der Waals surface area contributed by atoms with Crippen LogP contribution in [0, 0.1) is 24.4 Å². The lowest BCUT2D eigenvalue weighted by atomic mass is 10.2. The molecule has 100 valence electrons. The minimum absolute atomic E-state index is 0.252. The van der Waals surface area contributed by atoms with Gasteiger partial charge in [-0.15, -0.1) is 0 Å². The van der Waals surface area contributed by atoms with Crippen LogP contribution >= 0.6 is 0 Å². The molecule has 2 rings (SSSR count). The molecule has 0 aliphatic carbocycles. The van der Waals surface area contributed by atoms with Crippen LogP contribution in [0.5, 0.6) is 0 Å². The molecule has 0 radical (unpaired) electrons. The monoisotopic (exact) mass is 266 g/mol. The fraction of sp³-hybridized carbons (Fsp3) is 0.214. The van der Waals surface area contributed by atoms with Gasteiger partial charge >= 0.3 is 0 Å². The summed E-state index contributed by atoms with van der Waals surface area (Å²) < 4.78 is 38.7. The molecule has 19 heavy (non-hydrogen) atoms.